The number of anilines is 1. The molecule has 0 atom stereocenters. The number of aryl methyl sites for hydroxylation is 1. The quantitative estimate of drug-likeness (QED) is 0.668. The third-order valence-electron chi connectivity index (χ3n) is 2.93. The fourth-order valence-corrected chi connectivity index (χ4v) is 2.07. The number of benzene rings is 1. The Morgan fingerprint density at radius 2 is 2.15 bits per heavy atom. The summed E-state index contributed by atoms with van der Waals surface area (Å²) in [6.45, 7) is 6.79. The van der Waals surface area contributed by atoms with Gasteiger partial charge in [-0.05, 0) is 37.0 Å². The van der Waals surface area contributed by atoms with Crippen LogP contribution in [0.25, 0.3) is 0 Å². The highest BCUT2D eigenvalue weighted by Crippen LogP contribution is 2.28. The molecule has 1 heterocycles. The van der Waals surface area contributed by atoms with Crippen LogP contribution >= 0.6 is 0 Å². The fraction of sp³-hybridized carbons (Fsp3) is 0.500. The van der Waals surface area contributed by atoms with E-state index in [-0.39, 0.29) is 0 Å². The maximum atomic E-state index is 2.45. The van der Waals surface area contributed by atoms with Gasteiger partial charge in [-0.1, -0.05) is 19.1 Å². The minimum Gasteiger partial charge on any atom is -0.371 e. The number of hydrogen-bond acceptors (Lipinski definition) is 1. The van der Waals surface area contributed by atoms with Crippen molar-refractivity contribution in [1.29, 1.82) is 0 Å². The second-order valence-corrected chi connectivity index (χ2v) is 3.65. The summed E-state index contributed by atoms with van der Waals surface area (Å²) in [7, 11) is 0. The maximum absolute atomic E-state index is 2.45. The van der Waals surface area contributed by atoms with Crippen LogP contribution in [0.2, 0.25) is 0 Å². The Balaban J connectivity index is 2.34. The van der Waals surface area contributed by atoms with Gasteiger partial charge in [0, 0.05) is 18.8 Å². The van der Waals surface area contributed by atoms with Crippen molar-refractivity contribution < 1.29 is 0 Å². The van der Waals surface area contributed by atoms with Crippen LogP contribution in [0.15, 0.2) is 18.2 Å². The van der Waals surface area contributed by atoms with Gasteiger partial charge in [0.15, 0.2) is 0 Å². The van der Waals surface area contributed by atoms with Crippen molar-refractivity contribution in [2.24, 2.45) is 0 Å². The largest absolute Gasteiger partial charge is 0.371 e. The van der Waals surface area contributed by atoms with Gasteiger partial charge in [-0.15, -0.1) is 0 Å². The van der Waals surface area contributed by atoms with Gasteiger partial charge >= 0.3 is 0 Å². The molecule has 1 aliphatic heterocycles. The van der Waals surface area contributed by atoms with Crippen molar-refractivity contribution >= 4 is 5.69 Å². The Kier molecular flexibility index (Phi) is 2.26. The summed E-state index contributed by atoms with van der Waals surface area (Å²) < 4.78 is 0. The zero-order valence-corrected chi connectivity index (χ0v) is 8.51. The van der Waals surface area contributed by atoms with E-state index in [0.29, 0.717) is 0 Å². The molecule has 0 amide bonds. The monoisotopic (exact) mass is 175 g/mol. The summed E-state index contributed by atoms with van der Waals surface area (Å²) in [6.07, 6.45) is 2.39. The molecule has 0 aliphatic carbocycles. The minimum absolute atomic E-state index is 1.14. The Labute approximate surface area is 80.4 Å². The molecule has 0 unspecified atom stereocenters. The van der Waals surface area contributed by atoms with Crippen molar-refractivity contribution in [2.75, 3.05) is 18.0 Å². The Hall–Kier alpha value is -0.980. The molecule has 70 valence electrons. The van der Waals surface area contributed by atoms with Gasteiger partial charge in [-0.25, -0.2) is 0 Å². The minimum atomic E-state index is 1.14. The molecule has 0 saturated heterocycles. The van der Waals surface area contributed by atoms with Gasteiger partial charge in [0.1, 0.15) is 0 Å². The van der Waals surface area contributed by atoms with E-state index in [0.717, 1.165) is 13.0 Å². The van der Waals surface area contributed by atoms with E-state index >= 15 is 0 Å². The van der Waals surface area contributed by atoms with Gasteiger partial charge in [0.05, 0.1) is 0 Å². The molecule has 0 bridgehead atoms. The van der Waals surface area contributed by atoms with Crippen LogP contribution in [0.1, 0.15) is 25.0 Å². The summed E-state index contributed by atoms with van der Waals surface area (Å²) in [5, 5.41) is 0. The zero-order valence-electron chi connectivity index (χ0n) is 8.51. The Bertz CT molecular complexity index is 304. The highest BCUT2D eigenvalue weighted by Gasteiger charge is 2.16. The molecule has 1 aliphatic rings. The van der Waals surface area contributed by atoms with Crippen molar-refractivity contribution in [3.8, 4) is 0 Å². The van der Waals surface area contributed by atoms with Crippen molar-refractivity contribution in [3.05, 3.63) is 29.3 Å². The van der Waals surface area contributed by atoms with Crippen LogP contribution < -0.4 is 4.90 Å². The topological polar surface area (TPSA) is 3.24 Å². The summed E-state index contributed by atoms with van der Waals surface area (Å²) >= 11 is 0. The van der Waals surface area contributed by atoms with E-state index in [1.165, 1.54) is 24.2 Å². The lowest BCUT2D eigenvalue weighted by Gasteiger charge is -2.16. The molecule has 1 aromatic rings. The first-order valence-electron chi connectivity index (χ1n) is 5.22. The highest BCUT2D eigenvalue weighted by molar-refractivity contribution is 5.58. The SMILES string of the molecule is CCc1ccc2c(c1)CCN2CC. The van der Waals surface area contributed by atoms with Gasteiger partial charge in [0.25, 0.3) is 0 Å². The highest BCUT2D eigenvalue weighted by atomic mass is 15.1. The second kappa shape index (κ2) is 3.41. The van der Waals surface area contributed by atoms with Gasteiger partial charge < -0.3 is 4.90 Å². The number of fused-ring (bicyclic) bond motifs is 1. The first-order chi connectivity index (χ1) is 6.35. The van der Waals surface area contributed by atoms with Crippen LogP contribution in [0.4, 0.5) is 5.69 Å². The lowest BCUT2D eigenvalue weighted by Crippen LogP contribution is -2.18. The Morgan fingerprint density at radius 3 is 2.85 bits per heavy atom. The summed E-state index contributed by atoms with van der Waals surface area (Å²) in [5.41, 5.74) is 4.47. The standard InChI is InChI=1S/C12H17N/c1-3-10-5-6-12-11(9-10)7-8-13(12)4-2/h5-6,9H,3-4,7-8H2,1-2H3. The van der Waals surface area contributed by atoms with Crippen LogP contribution in [0.3, 0.4) is 0 Å². The summed E-state index contributed by atoms with van der Waals surface area (Å²) in [4.78, 5) is 2.45. The van der Waals surface area contributed by atoms with E-state index < -0.39 is 0 Å². The first-order valence-corrected chi connectivity index (χ1v) is 5.22. The van der Waals surface area contributed by atoms with Crippen molar-refractivity contribution in [3.63, 3.8) is 0 Å². The average Bonchev–Trinajstić information content (AvgIpc) is 2.59. The zero-order chi connectivity index (χ0) is 9.26. The molecule has 0 aromatic heterocycles. The smallest absolute Gasteiger partial charge is 0.0399 e. The van der Waals surface area contributed by atoms with E-state index in [4.69, 9.17) is 0 Å². The van der Waals surface area contributed by atoms with Crippen LogP contribution in [-0.4, -0.2) is 13.1 Å². The van der Waals surface area contributed by atoms with Crippen LogP contribution in [-0.2, 0) is 12.8 Å². The average molecular weight is 175 g/mol. The third kappa shape index (κ3) is 1.43. The molecule has 1 nitrogen and oxygen atoms in total. The predicted octanol–water partition coefficient (Wildman–Crippen LogP) is 2.63. The van der Waals surface area contributed by atoms with Crippen LogP contribution in [0.5, 0.6) is 0 Å². The lowest BCUT2D eigenvalue weighted by atomic mass is 10.1. The molecule has 13 heavy (non-hydrogen) atoms. The molecule has 0 radical (unpaired) electrons. The van der Waals surface area contributed by atoms with Gasteiger partial charge in [0.2, 0.25) is 0 Å². The molecule has 1 heteroatoms. The van der Waals surface area contributed by atoms with E-state index in [1.807, 2.05) is 0 Å². The number of rotatable bonds is 2. The molecule has 0 fully saturated rings. The summed E-state index contributed by atoms with van der Waals surface area (Å²) in [5.74, 6) is 0. The van der Waals surface area contributed by atoms with Crippen LogP contribution in [0, 0.1) is 0 Å². The van der Waals surface area contributed by atoms with Gasteiger partial charge in [-0.2, -0.15) is 0 Å². The molecular weight excluding hydrogens is 158 g/mol. The number of hydrogen-bond donors (Lipinski definition) is 0. The number of nitrogens with zero attached hydrogens (tertiary/aromatic N) is 1. The molecule has 1 aromatic carbocycles. The molecule has 0 spiro atoms. The molecule has 0 saturated carbocycles. The van der Waals surface area contributed by atoms with E-state index in [1.54, 1.807) is 5.56 Å². The predicted molar refractivity (Wildman–Crippen MR) is 57.4 cm³/mol. The molecular formula is C12H17N. The third-order valence-corrected chi connectivity index (χ3v) is 2.93. The van der Waals surface area contributed by atoms with Crippen molar-refractivity contribution in [2.45, 2.75) is 26.7 Å². The molecule has 0 N–H and O–H groups in total. The first kappa shape index (κ1) is 8.61. The number of likely N-dealkylation sites (N-methyl/N-ethyl adjacent to an activating group) is 1. The molecule has 2 rings (SSSR count). The normalized spacial score (nSPS) is 14.8. The second-order valence-electron chi connectivity index (χ2n) is 3.65. The van der Waals surface area contributed by atoms with E-state index in [2.05, 4.69) is 36.9 Å². The van der Waals surface area contributed by atoms with E-state index in [9.17, 15) is 0 Å². The maximum Gasteiger partial charge on any atom is 0.0399 e. The summed E-state index contributed by atoms with van der Waals surface area (Å²) in [6, 6.07) is 6.91. The fourth-order valence-electron chi connectivity index (χ4n) is 2.07. The lowest BCUT2D eigenvalue weighted by molar-refractivity contribution is 0.868. The van der Waals surface area contributed by atoms with Crippen molar-refractivity contribution in [1.82, 2.24) is 0 Å². The van der Waals surface area contributed by atoms with Gasteiger partial charge in [-0.3, -0.25) is 0 Å². The Morgan fingerprint density at radius 1 is 1.31 bits per heavy atom.